The highest BCUT2D eigenvalue weighted by Crippen LogP contribution is 2.23. The van der Waals surface area contributed by atoms with Gasteiger partial charge in [-0.2, -0.15) is 0 Å². The largest absolute Gasteiger partial charge is 0.471 e. The van der Waals surface area contributed by atoms with Crippen molar-refractivity contribution in [1.82, 2.24) is 0 Å². The topological polar surface area (TPSA) is 21.6 Å². The van der Waals surface area contributed by atoms with Crippen molar-refractivity contribution < 1.29 is 4.74 Å². The predicted molar refractivity (Wildman–Crippen MR) is 82.8 cm³/mol. The summed E-state index contributed by atoms with van der Waals surface area (Å²) in [5.74, 6) is 0.804. The van der Waals surface area contributed by atoms with Crippen LogP contribution in [0.25, 0.3) is 5.57 Å². The summed E-state index contributed by atoms with van der Waals surface area (Å²) in [6.45, 7) is 4.81. The molecule has 2 heteroatoms. The van der Waals surface area contributed by atoms with Crippen LogP contribution < -0.4 is 0 Å². The molecule has 1 atom stereocenters. The molecule has 3 rings (SSSR count). The highest BCUT2D eigenvalue weighted by atomic mass is 16.5. The fourth-order valence-electron chi connectivity index (χ4n) is 2.31. The van der Waals surface area contributed by atoms with Crippen LogP contribution in [0, 0.1) is 0 Å². The van der Waals surface area contributed by atoms with Crippen molar-refractivity contribution in [3.05, 3.63) is 78.4 Å². The minimum absolute atomic E-state index is 0.0314. The van der Waals surface area contributed by atoms with Crippen molar-refractivity contribution in [1.29, 1.82) is 0 Å². The van der Waals surface area contributed by atoms with Gasteiger partial charge in [0.25, 0.3) is 0 Å². The molecule has 0 radical (unpaired) electrons. The second-order valence-corrected chi connectivity index (χ2v) is 4.89. The number of ether oxygens (including phenoxy) is 1. The standard InChI is InChI=1S/C18H17NO/c1-14(16-10-6-3-7-11-16)17-13-19-18(20-17)12-15-8-4-2-5-9-15/h2-11,17H,1,12-13H2. The van der Waals surface area contributed by atoms with Gasteiger partial charge in [-0.25, -0.2) is 0 Å². The summed E-state index contributed by atoms with van der Waals surface area (Å²) < 4.78 is 5.93. The smallest absolute Gasteiger partial charge is 0.188 e. The molecule has 20 heavy (non-hydrogen) atoms. The lowest BCUT2D eigenvalue weighted by Gasteiger charge is -2.14. The summed E-state index contributed by atoms with van der Waals surface area (Å²) in [5, 5.41) is 0. The monoisotopic (exact) mass is 263 g/mol. The van der Waals surface area contributed by atoms with Crippen LogP contribution in [0.4, 0.5) is 0 Å². The Balaban J connectivity index is 1.63. The molecule has 0 aromatic heterocycles. The summed E-state index contributed by atoms with van der Waals surface area (Å²) in [6, 6.07) is 20.4. The molecule has 0 saturated heterocycles. The average Bonchev–Trinajstić information content (AvgIpc) is 2.97. The summed E-state index contributed by atoms with van der Waals surface area (Å²) in [7, 11) is 0. The number of rotatable bonds is 4. The van der Waals surface area contributed by atoms with E-state index in [-0.39, 0.29) is 6.10 Å². The molecule has 0 bridgehead atoms. The van der Waals surface area contributed by atoms with Crippen molar-refractivity contribution >= 4 is 11.5 Å². The molecule has 0 saturated carbocycles. The van der Waals surface area contributed by atoms with Crippen LogP contribution in [0.3, 0.4) is 0 Å². The quantitative estimate of drug-likeness (QED) is 0.823. The Morgan fingerprint density at radius 1 is 1.05 bits per heavy atom. The first-order valence-corrected chi connectivity index (χ1v) is 6.81. The number of hydrogen-bond donors (Lipinski definition) is 0. The van der Waals surface area contributed by atoms with Crippen LogP contribution in [0.1, 0.15) is 11.1 Å². The predicted octanol–water partition coefficient (Wildman–Crippen LogP) is 3.74. The van der Waals surface area contributed by atoms with E-state index >= 15 is 0 Å². The Morgan fingerprint density at radius 2 is 1.70 bits per heavy atom. The van der Waals surface area contributed by atoms with Gasteiger partial charge in [0.05, 0.1) is 6.54 Å². The van der Waals surface area contributed by atoms with Gasteiger partial charge in [-0.15, -0.1) is 0 Å². The maximum absolute atomic E-state index is 5.93. The van der Waals surface area contributed by atoms with Crippen molar-refractivity contribution in [2.45, 2.75) is 12.5 Å². The molecule has 1 aliphatic rings. The Morgan fingerprint density at radius 3 is 2.40 bits per heavy atom. The van der Waals surface area contributed by atoms with Gasteiger partial charge in [-0.1, -0.05) is 67.2 Å². The average molecular weight is 263 g/mol. The molecular formula is C18H17NO. The molecule has 2 aromatic rings. The third-order valence-corrected chi connectivity index (χ3v) is 3.44. The molecular weight excluding hydrogens is 246 g/mol. The molecule has 2 aromatic carbocycles. The van der Waals surface area contributed by atoms with E-state index in [2.05, 4.69) is 35.8 Å². The Labute approximate surface area is 119 Å². The molecule has 100 valence electrons. The third kappa shape index (κ3) is 2.80. The molecule has 0 spiro atoms. The molecule has 0 amide bonds. The Kier molecular flexibility index (Phi) is 3.64. The molecule has 1 unspecified atom stereocenters. The highest BCUT2D eigenvalue weighted by molar-refractivity contribution is 5.83. The van der Waals surface area contributed by atoms with Crippen LogP contribution in [0.2, 0.25) is 0 Å². The van der Waals surface area contributed by atoms with E-state index in [1.807, 2.05) is 36.4 Å². The first kappa shape index (κ1) is 12.7. The van der Waals surface area contributed by atoms with Crippen LogP contribution in [0.5, 0.6) is 0 Å². The van der Waals surface area contributed by atoms with Gasteiger partial charge in [0.15, 0.2) is 5.90 Å². The van der Waals surface area contributed by atoms with Gasteiger partial charge in [-0.05, 0) is 16.7 Å². The maximum atomic E-state index is 5.93. The van der Waals surface area contributed by atoms with Gasteiger partial charge in [-0.3, -0.25) is 4.99 Å². The molecule has 0 aliphatic carbocycles. The van der Waals surface area contributed by atoms with Crippen molar-refractivity contribution in [2.24, 2.45) is 4.99 Å². The zero-order chi connectivity index (χ0) is 13.8. The van der Waals surface area contributed by atoms with Crippen molar-refractivity contribution in [3.63, 3.8) is 0 Å². The summed E-state index contributed by atoms with van der Waals surface area (Å²) in [6.07, 6.45) is 0.718. The van der Waals surface area contributed by atoms with Gasteiger partial charge in [0.2, 0.25) is 0 Å². The molecule has 1 aliphatic heterocycles. The lowest BCUT2D eigenvalue weighted by Crippen LogP contribution is -2.15. The summed E-state index contributed by atoms with van der Waals surface area (Å²) in [5.41, 5.74) is 3.34. The minimum atomic E-state index is -0.0314. The lowest BCUT2D eigenvalue weighted by molar-refractivity contribution is 0.278. The van der Waals surface area contributed by atoms with E-state index in [0.29, 0.717) is 6.54 Å². The normalized spacial score (nSPS) is 17.4. The van der Waals surface area contributed by atoms with Gasteiger partial charge >= 0.3 is 0 Å². The highest BCUT2D eigenvalue weighted by Gasteiger charge is 2.23. The summed E-state index contributed by atoms with van der Waals surface area (Å²) in [4.78, 5) is 4.49. The van der Waals surface area contributed by atoms with Crippen molar-refractivity contribution in [2.75, 3.05) is 6.54 Å². The maximum Gasteiger partial charge on any atom is 0.188 e. The van der Waals surface area contributed by atoms with E-state index < -0.39 is 0 Å². The van der Waals surface area contributed by atoms with E-state index in [4.69, 9.17) is 4.74 Å². The molecule has 1 heterocycles. The van der Waals surface area contributed by atoms with Crippen LogP contribution >= 0.6 is 0 Å². The number of nitrogens with zero attached hydrogens (tertiary/aromatic N) is 1. The van der Waals surface area contributed by atoms with Gasteiger partial charge in [0, 0.05) is 6.42 Å². The zero-order valence-electron chi connectivity index (χ0n) is 11.3. The Hall–Kier alpha value is -2.35. The number of aliphatic imine (C=N–C) groups is 1. The lowest BCUT2D eigenvalue weighted by atomic mass is 10.0. The number of hydrogen-bond acceptors (Lipinski definition) is 2. The van der Waals surface area contributed by atoms with E-state index in [9.17, 15) is 0 Å². The molecule has 0 N–H and O–H groups in total. The van der Waals surface area contributed by atoms with Crippen LogP contribution in [0.15, 0.2) is 72.2 Å². The number of benzene rings is 2. The van der Waals surface area contributed by atoms with Gasteiger partial charge in [0.1, 0.15) is 6.10 Å². The SMILES string of the molecule is C=C(c1ccccc1)C1CN=C(Cc2ccccc2)O1. The van der Waals surface area contributed by atoms with Crippen molar-refractivity contribution in [3.8, 4) is 0 Å². The van der Waals surface area contributed by atoms with Crippen LogP contribution in [-0.4, -0.2) is 18.5 Å². The first-order valence-electron chi connectivity index (χ1n) is 6.81. The van der Waals surface area contributed by atoms with E-state index in [1.165, 1.54) is 5.56 Å². The second kappa shape index (κ2) is 5.74. The molecule has 2 nitrogen and oxygen atoms in total. The minimum Gasteiger partial charge on any atom is -0.471 e. The zero-order valence-corrected chi connectivity index (χ0v) is 11.3. The first-order chi connectivity index (χ1) is 9.83. The third-order valence-electron chi connectivity index (χ3n) is 3.44. The van der Waals surface area contributed by atoms with Crippen LogP contribution in [-0.2, 0) is 11.2 Å². The van der Waals surface area contributed by atoms with Gasteiger partial charge < -0.3 is 4.74 Å². The van der Waals surface area contributed by atoms with E-state index in [1.54, 1.807) is 0 Å². The fourth-order valence-corrected chi connectivity index (χ4v) is 2.31. The summed E-state index contributed by atoms with van der Waals surface area (Å²) >= 11 is 0. The second-order valence-electron chi connectivity index (χ2n) is 4.89. The fraction of sp³-hybridized carbons (Fsp3) is 0.167. The van der Waals surface area contributed by atoms with E-state index in [0.717, 1.165) is 23.5 Å². The molecule has 0 fully saturated rings. The Bertz CT molecular complexity index is 616.